The van der Waals surface area contributed by atoms with Gasteiger partial charge in [0.15, 0.2) is 0 Å². The second kappa shape index (κ2) is 9.86. The Bertz CT molecular complexity index is 731. The van der Waals surface area contributed by atoms with Crippen LogP contribution in [0.1, 0.15) is 23.1 Å². The monoisotopic (exact) mass is 378 g/mol. The molecule has 0 spiro atoms. The highest BCUT2D eigenvalue weighted by molar-refractivity contribution is 7.50. The largest absolute Gasteiger partial charge is 0.497 e. The fourth-order valence-electron chi connectivity index (χ4n) is 2.80. The summed E-state index contributed by atoms with van der Waals surface area (Å²) in [6.45, 7) is 3.03. The van der Waals surface area contributed by atoms with Crippen LogP contribution >= 0.6 is 7.60 Å². The number of nitrogens with two attached hydrogens (primary N) is 1. The molecule has 0 saturated heterocycles. The summed E-state index contributed by atoms with van der Waals surface area (Å²) >= 11 is 0. The maximum absolute atomic E-state index is 11.1. The predicted molar refractivity (Wildman–Crippen MR) is 103 cm³/mol. The molecule has 0 amide bonds. The molecule has 2 aromatic rings. The average Bonchev–Trinajstić information content (AvgIpc) is 2.60. The second-order valence-electron chi connectivity index (χ2n) is 6.34. The molecule has 0 radical (unpaired) electrons. The van der Waals surface area contributed by atoms with Crippen LogP contribution < -0.4 is 10.5 Å². The van der Waals surface area contributed by atoms with E-state index in [2.05, 4.69) is 11.0 Å². The first-order valence-electron chi connectivity index (χ1n) is 8.57. The van der Waals surface area contributed by atoms with Gasteiger partial charge in [0.25, 0.3) is 0 Å². The van der Waals surface area contributed by atoms with Gasteiger partial charge in [0.2, 0.25) is 0 Å². The number of hydrogen-bond donors (Lipinski definition) is 3. The van der Waals surface area contributed by atoms with E-state index in [1.807, 2.05) is 30.3 Å². The molecule has 2 rings (SSSR count). The van der Waals surface area contributed by atoms with E-state index >= 15 is 0 Å². The molecule has 0 bridgehead atoms. The van der Waals surface area contributed by atoms with E-state index in [4.69, 9.17) is 20.3 Å². The zero-order chi connectivity index (χ0) is 19.0. The highest BCUT2D eigenvalue weighted by atomic mass is 31.2. The summed E-state index contributed by atoms with van der Waals surface area (Å²) in [5.41, 5.74) is 8.57. The summed E-state index contributed by atoms with van der Waals surface area (Å²) in [4.78, 5) is 20.4. The number of rotatable bonds is 10. The van der Waals surface area contributed by atoms with Crippen molar-refractivity contribution in [1.29, 1.82) is 0 Å². The molecule has 0 aliphatic heterocycles. The molecule has 26 heavy (non-hydrogen) atoms. The van der Waals surface area contributed by atoms with Crippen LogP contribution in [0.15, 0.2) is 48.5 Å². The van der Waals surface area contributed by atoms with E-state index in [-0.39, 0.29) is 6.16 Å². The first kappa shape index (κ1) is 20.6. The van der Waals surface area contributed by atoms with E-state index in [0.29, 0.717) is 12.1 Å². The van der Waals surface area contributed by atoms with Crippen LogP contribution in [0, 0.1) is 0 Å². The molecule has 0 saturated carbocycles. The summed E-state index contributed by atoms with van der Waals surface area (Å²) in [6, 6.07) is 15.4. The van der Waals surface area contributed by atoms with Gasteiger partial charge in [0.05, 0.1) is 13.3 Å². The highest BCUT2D eigenvalue weighted by Gasteiger charge is 2.14. The van der Waals surface area contributed by atoms with Crippen LogP contribution in [-0.2, 0) is 23.8 Å². The minimum absolute atomic E-state index is 0.228. The van der Waals surface area contributed by atoms with E-state index in [1.165, 1.54) is 5.56 Å². The molecular weight excluding hydrogens is 351 g/mol. The van der Waals surface area contributed by atoms with Crippen molar-refractivity contribution < 1.29 is 19.1 Å². The van der Waals surface area contributed by atoms with E-state index in [0.717, 1.165) is 37.4 Å². The van der Waals surface area contributed by atoms with Gasteiger partial charge in [0, 0.05) is 19.6 Å². The third-order valence-corrected chi connectivity index (χ3v) is 4.81. The minimum atomic E-state index is -4.03. The summed E-state index contributed by atoms with van der Waals surface area (Å²) < 4.78 is 16.4. The lowest BCUT2D eigenvalue weighted by atomic mass is 10.1. The molecule has 0 aliphatic rings. The maximum Gasteiger partial charge on any atom is 0.329 e. The van der Waals surface area contributed by atoms with Gasteiger partial charge in [-0.3, -0.25) is 9.46 Å². The Hall–Kier alpha value is -1.69. The molecule has 6 nitrogen and oxygen atoms in total. The van der Waals surface area contributed by atoms with Crippen LogP contribution in [0.2, 0.25) is 0 Å². The van der Waals surface area contributed by atoms with Crippen LogP contribution in [0.5, 0.6) is 5.75 Å². The third-order valence-electron chi connectivity index (χ3n) is 4.04. The highest BCUT2D eigenvalue weighted by Crippen LogP contribution is 2.38. The summed E-state index contributed by atoms with van der Waals surface area (Å²) in [7, 11) is -2.38. The van der Waals surface area contributed by atoms with Crippen LogP contribution in [0.25, 0.3) is 0 Å². The van der Waals surface area contributed by atoms with Crippen molar-refractivity contribution in [2.24, 2.45) is 5.73 Å². The predicted octanol–water partition coefficient (Wildman–Crippen LogP) is 2.72. The van der Waals surface area contributed by atoms with Gasteiger partial charge >= 0.3 is 7.60 Å². The Morgan fingerprint density at radius 1 is 1.04 bits per heavy atom. The number of benzene rings is 2. The molecule has 0 atom stereocenters. The Labute approximate surface area is 154 Å². The average molecular weight is 378 g/mol. The summed E-state index contributed by atoms with van der Waals surface area (Å²) in [5.74, 6) is 0.836. The molecular formula is C19H27N2O4P. The SMILES string of the molecule is COc1cccc(CN(CCCN)Cc2ccc(CP(=O)(O)O)cc2)c1. The van der Waals surface area contributed by atoms with Gasteiger partial charge in [-0.05, 0) is 41.8 Å². The molecule has 0 fully saturated rings. The molecule has 7 heteroatoms. The zero-order valence-corrected chi connectivity index (χ0v) is 15.9. The van der Waals surface area contributed by atoms with Gasteiger partial charge in [-0.25, -0.2) is 0 Å². The van der Waals surface area contributed by atoms with Crippen molar-refractivity contribution in [3.8, 4) is 5.75 Å². The summed E-state index contributed by atoms with van der Waals surface area (Å²) in [6.07, 6.45) is 0.675. The third kappa shape index (κ3) is 7.28. The van der Waals surface area contributed by atoms with Gasteiger partial charge in [-0.2, -0.15) is 0 Å². The lowest BCUT2D eigenvalue weighted by Crippen LogP contribution is -2.25. The van der Waals surface area contributed by atoms with E-state index in [9.17, 15) is 4.57 Å². The lowest BCUT2D eigenvalue weighted by Gasteiger charge is -2.23. The number of hydrogen-bond acceptors (Lipinski definition) is 4. The quantitative estimate of drug-likeness (QED) is 0.550. The minimum Gasteiger partial charge on any atom is -0.497 e. The van der Waals surface area contributed by atoms with Crippen LogP contribution in [0.4, 0.5) is 0 Å². The smallest absolute Gasteiger partial charge is 0.329 e. The number of methoxy groups -OCH3 is 1. The molecule has 0 unspecified atom stereocenters. The Morgan fingerprint density at radius 2 is 1.69 bits per heavy atom. The number of ether oxygens (including phenoxy) is 1. The van der Waals surface area contributed by atoms with Crippen LogP contribution in [0.3, 0.4) is 0 Å². The van der Waals surface area contributed by atoms with Crippen molar-refractivity contribution in [3.63, 3.8) is 0 Å². The van der Waals surface area contributed by atoms with E-state index < -0.39 is 7.60 Å². The molecule has 4 N–H and O–H groups in total. The Morgan fingerprint density at radius 3 is 2.31 bits per heavy atom. The Kier molecular flexibility index (Phi) is 7.82. The van der Waals surface area contributed by atoms with Gasteiger partial charge in [-0.15, -0.1) is 0 Å². The second-order valence-corrected chi connectivity index (χ2v) is 7.99. The normalized spacial score (nSPS) is 11.7. The number of nitrogens with zero attached hydrogens (tertiary/aromatic N) is 1. The first-order valence-corrected chi connectivity index (χ1v) is 10.4. The van der Waals surface area contributed by atoms with Crippen molar-refractivity contribution in [2.45, 2.75) is 25.7 Å². The fourth-order valence-corrected chi connectivity index (χ4v) is 3.49. The lowest BCUT2D eigenvalue weighted by molar-refractivity contribution is 0.254. The van der Waals surface area contributed by atoms with Crippen LogP contribution in [-0.4, -0.2) is 34.9 Å². The standard InChI is InChI=1S/C19H27N2O4P/c1-25-19-5-2-4-18(12-19)14-21(11-3-10-20)13-16-6-8-17(9-7-16)15-26(22,23)24/h2,4-9,12H,3,10-11,13-15,20H2,1H3,(H2,22,23,24). The van der Waals surface area contributed by atoms with Gasteiger partial charge in [-0.1, -0.05) is 36.4 Å². The van der Waals surface area contributed by atoms with E-state index in [1.54, 1.807) is 19.2 Å². The van der Waals surface area contributed by atoms with Crippen molar-refractivity contribution >= 4 is 7.60 Å². The van der Waals surface area contributed by atoms with Crippen molar-refractivity contribution in [2.75, 3.05) is 20.2 Å². The first-order chi connectivity index (χ1) is 12.4. The molecule has 0 heterocycles. The van der Waals surface area contributed by atoms with Crippen molar-refractivity contribution in [1.82, 2.24) is 4.90 Å². The van der Waals surface area contributed by atoms with Gasteiger partial charge < -0.3 is 20.3 Å². The molecule has 0 aliphatic carbocycles. The molecule has 0 aromatic heterocycles. The summed E-state index contributed by atoms with van der Waals surface area (Å²) in [5, 5.41) is 0. The van der Waals surface area contributed by atoms with Crippen molar-refractivity contribution in [3.05, 3.63) is 65.2 Å². The van der Waals surface area contributed by atoms with Gasteiger partial charge in [0.1, 0.15) is 5.75 Å². The fraction of sp³-hybridized carbons (Fsp3) is 0.368. The zero-order valence-electron chi connectivity index (χ0n) is 15.0. The molecule has 142 valence electrons. The maximum atomic E-state index is 11.1. The topological polar surface area (TPSA) is 96.0 Å². The Balaban J connectivity index is 2.05. The molecule has 2 aromatic carbocycles.